The monoisotopic (exact) mass is 766 g/mol. The van der Waals surface area contributed by atoms with E-state index in [9.17, 15) is 33.7 Å². The SMILES string of the molecule is CCCC.CCCC.NOS(=O)(=O)CCCSSCCCS(=O)(=O)ON.O=S(=O)(O)CCCSSCCCS(=O)(=O)O. The van der Waals surface area contributed by atoms with E-state index in [2.05, 4.69) is 48.1 Å². The van der Waals surface area contributed by atoms with E-state index in [1.807, 2.05) is 0 Å². The van der Waals surface area contributed by atoms with Gasteiger partial charge in [0.1, 0.15) is 0 Å². The second-order valence-electron chi connectivity index (χ2n) is 7.99. The maximum atomic E-state index is 10.8. The molecular weight excluding hydrogens is 717 g/mol. The first-order valence-corrected chi connectivity index (χ1v) is 24.3. The highest BCUT2D eigenvalue weighted by Gasteiger charge is 2.10. The largest absolute Gasteiger partial charge is 0.286 e. The van der Waals surface area contributed by atoms with Gasteiger partial charge in [0.25, 0.3) is 40.5 Å². The van der Waals surface area contributed by atoms with Gasteiger partial charge in [0.05, 0.1) is 23.0 Å². The molecule has 0 spiro atoms. The molecule has 0 radical (unpaired) electrons. The van der Waals surface area contributed by atoms with E-state index in [1.165, 1.54) is 68.9 Å². The fourth-order valence-electron chi connectivity index (χ4n) is 1.52. The molecule has 0 aliphatic rings. The Hall–Kier alpha value is 0.960. The van der Waals surface area contributed by atoms with Gasteiger partial charge in [-0.25, -0.2) is 0 Å². The molecule has 42 heavy (non-hydrogen) atoms. The first-order chi connectivity index (χ1) is 19.4. The standard InChI is InChI=1S/C6H16N2O6S4.C6H14O6S4.2C4H10/c7-13-17(9,10)5-1-3-15-16-4-2-6-18(11,12)14-8;7-15(8,9)5-1-3-13-14-4-2-6-16(10,11)12;2*1-3-4-2/h1-8H2;1-6H2,(H,7,8,9)(H,10,11,12);2*3-4H2,1-2H3. The fraction of sp³-hybridized carbons (Fsp3) is 1.00. The van der Waals surface area contributed by atoms with Gasteiger partial charge in [-0.15, -0.1) is 0 Å². The molecule has 0 aliphatic heterocycles. The van der Waals surface area contributed by atoms with Crippen LogP contribution in [0.4, 0.5) is 0 Å². The van der Waals surface area contributed by atoms with Crippen molar-refractivity contribution in [3.8, 4) is 0 Å². The Morgan fingerprint density at radius 1 is 0.476 bits per heavy atom. The van der Waals surface area contributed by atoms with Crippen molar-refractivity contribution in [1.29, 1.82) is 0 Å². The molecule has 22 heteroatoms. The van der Waals surface area contributed by atoms with Gasteiger partial charge in [-0.2, -0.15) is 54.0 Å². The van der Waals surface area contributed by atoms with Crippen molar-refractivity contribution < 1.29 is 51.3 Å². The third-order valence-corrected chi connectivity index (χ3v) is 12.9. The Kier molecular flexibility index (Phi) is 37.9. The maximum Gasteiger partial charge on any atom is 0.283 e. The van der Waals surface area contributed by atoms with Crippen LogP contribution in [0.25, 0.3) is 0 Å². The summed E-state index contributed by atoms with van der Waals surface area (Å²) >= 11 is 0. The number of rotatable bonds is 22. The zero-order valence-electron chi connectivity index (χ0n) is 24.7. The Morgan fingerprint density at radius 3 is 0.857 bits per heavy atom. The highest BCUT2D eigenvalue weighted by Crippen LogP contribution is 2.23. The van der Waals surface area contributed by atoms with Crippen LogP contribution in [0.3, 0.4) is 0 Å². The number of unbranched alkanes of at least 4 members (excludes halogenated alkanes) is 2. The summed E-state index contributed by atoms with van der Waals surface area (Å²) in [7, 11) is -9.22. The molecule has 260 valence electrons. The van der Waals surface area contributed by atoms with Gasteiger partial charge >= 0.3 is 0 Å². The van der Waals surface area contributed by atoms with Crippen molar-refractivity contribution in [2.45, 2.75) is 79.1 Å². The highest BCUT2D eigenvalue weighted by atomic mass is 33.1. The van der Waals surface area contributed by atoms with E-state index >= 15 is 0 Å². The fourth-order valence-corrected chi connectivity index (χ4v) is 8.81. The van der Waals surface area contributed by atoms with Gasteiger partial charge in [-0.1, -0.05) is 96.6 Å². The van der Waals surface area contributed by atoms with E-state index in [-0.39, 0.29) is 23.0 Å². The van der Waals surface area contributed by atoms with Gasteiger partial charge in [-0.3, -0.25) is 9.11 Å². The van der Waals surface area contributed by atoms with E-state index in [0.29, 0.717) is 48.7 Å². The van der Waals surface area contributed by atoms with Crippen LogP contribution >= 0.6 is 43.2 Å². The minimum atomic E-state index is -3.88. The first kappa shape index (κ1) is 49.8. The lowest BCUT2D eigenvalue weighted by atomic mass is 10.4. The lowest BCUT2D eigenvalue weighted by molar-refractivity contribution is 0.332. The smallest absolute Gasteiger partial charge is 0.283 e. The van der Waals surface area contributed by atoms with Gasteiger partial charge in [-0.05, 0) is 25.7 Å². The van der Waals surface area contributed by atoms with Crippen LogP contribution in [0.1, 0.15) is 79.1 Å². The molecule has 0 amide bonds. The highest BCUT2D eigenvalue weighted by molar-refractivity contribution is 8.77. The zero-order valence-corrected chi connectivity index (χ0v) is 31.2. The summed E-state index contributed by atoms with van der Waals surface area (Å²) in [6.45, 7) is 8.72. The molecule has 0 unspecified atom stereocenters. The van der Waals surface area contributed by atoms with Crippen LogP contribution in [0, 0.1) is 0 Å². The summed E-state index contributed by atoms with van der Waals surface area (Å²) < 4.78 is 109. The zero-order chi connectivity index (χ0) is 33.6. The molecule has 0 saturated heterocycles. The predicted molar refractivity (Wildman–Crippen MR) is 180 cm³/mol. The van der Waals surface area contributed by atoms with Crippen molar-refractivity contribution in [3.63, 3.8) is 0 Å². The molecule has 0 bridgehead atoms. The molecular formula is C20H50N2O12S8. The summed E-state index contributed by atoms with van der Waals surface area (Å²) in [4.78, 5) is 0. The summed E-state index contributed by atoms with van der Waals surface area (Å²) in [5.41, 5.74) is 0. The Bertz CT molecular complexity index is 924. The first-order valence-electron chi connectivity index (χ1n) is 13.0. The molecule has 0 aromatic rings. The van der Waals surface area contributed by atoms with Gasteiger partial charge in [0.15, 0.2) is 0 Å². The molecule has 14 nitrogen and oxygen atoms in total. The third-order valence-electron chi connectivity index (χ3n) is 3.96. The predicted octanol–water partition coefficient (Wildman–Crippen LogP) is 4.12. The van der Waals surface area contributed by atoms with Crippen molar-refractivity contribution in [3.05, 3.63) is 0 Å². The van der Waals surface area contributed by atoms with Crippen LogP contribution in [0.5, 0.6) is 0 Å². The third kappa shape index (κ3) is 53.5. The summed E-state index contributed by atoms with van der Waals surface area (Å²) in [6.07, 6.45) is 6.83. The Balaban J connectivity index is -0.000000274. The van der Waals surface area contributed by atoms with Crippen molar-refractivity contribution >= 4 is 83.6 Å². The Morgan fingerprint density at radius 2 is 0.690 bits per heavy atom. The second kappa shape index (κ2) is 31.9. The molecule has 6 N–H and O–H groups in total. The lowest BCUT2D eigenvalue weighted by Gasteiger charge is -2.02. The van der Waals surface area contributed by atoms with Crippen LogP contribution in [0.15, 0.2) is 0 Å². The summed E-state index contributed by atoms with van der Waals surface area (Å²) in [5, 5.41) is 0. The van der Waals surface area contributed by atoms with E-state index in [1.54, 1.807) is 0 Å². The molecule has 0 aromatic carbocycles. The maximum absolute atomic E-state index is 10.8. The van der Waals surface area contributed by atoms with Gasteiger partial charge in [0.2, 0.25) is 0 Å². The van der Waals surface area contributed by atoms with Crippen LogP contribution in [-0.2, 0) is 49.0 Å². The van der Waals surface area contributed by atoms with E-state index < -0.39 is 40.5 Å². The lowest BCUT2D eigenvalue weighted by Crippen LogP contribution is -2.15. The average molecular weight is 767 g/mol. The second-order valence-corrected chi connectivity index (χ2v) is 20.0. The van der Waals surface area contributed by atoms with E-state index in [0.717, 1.165) is 0 Å². The minimum absolute atomic E-state index is 0.132. The van der Waals surface area contributed by atoms with Gasteiger partial charge < -0.3 is 0 Å². The molecule has 0 aliphatic carbocycles. The molecule has 0 rings (SSSR count). The van der Waals surface area contributed by atoms with Crippen LogP contribution < -0.4 is 11.8 Å². The van der Waals surface area contributed by atoms with Crippen LogP contribution in [-0.4, -0.2) is 88.8 Å². The number of hydrogen-bond acceptors (Lipinski definition) is 16. The van der Waals surface area contributed by atoms with Crippen LogP contribution in [0.2, 0.25) is 0 Å². The van der Waals surface area contributed by atoms with E-state index in [4.69, 9.17) is 9.11 Å². The molecule has 0 aromatic heterocycles. The molecule has 0 atom stereocenters. The topological polar surface area (TPSA) is 248 Å². The summed E-state index contributed by atoms with van der Waals surface area (Å²) in [6, 6.07) is 0. The molecule has 0 saturated carbocycles. The van der Waals surface area contributed by atoms with Crippen molar-refractivity contribution in [2.24, 2.45) is 11.8 Å². The average Bonchev–Trinajstić information content (AvgIpc) is 2.91. The van der Waals surface area contributed by atoms with Crippen molar-refractivity contribution in [1.82, 2.24) is 0 Å². The Labute approximate surface area is 270 Å². The number of nitrogens with two attached hydrogens (primary N) is 2. The molecule has 0 fully saturated rings. The summed E-state index contributed by atoms with van der Waals surface area (Å²) in [5.74, 6) is 10.7. The van der Waals surface area contributed by atoms with Gasteiger partial charge in [0, 0.05) is 23.0 Å². The quantitative estimate of drug-likeness (QED) is 0.0523. The number of hydrogen-bond donors (Lipinski definition) is 4. The van der Waals surface area contributed by atoms with Crippen molar-refractivity contribution in [2.75, 3.05) is 46.0 Å². The normalized spacial score (nSPS) is 11.8. The minimum Gasteiger partial charge on any atom is -0.286 e. The molecule has 0 heterocycles.